The molecule has 0 amide bonds. The predicted octanol–water partition coefficient (Wildman–Crippen LogP) is 1.98. The van der Waals surface area contributed by atoms with E-state index in [0.29, 0.717) is 38.2 Å². The molecule has 1 aliphatic heterocycles. The van der Waals surface area contributed by atoms with Gasteiger partial charge in [-0.25, -0.2) is 0 Å². The molecule has 0 atom stereocenters. The zero-order valence-corrected chi connectivity index (χ0v) is 10.2. The van der Waals surface area contributed by atoms with Crippen LogP contribution < -0.4 is 0 Å². The molecule has 1 saturated heterocycles. The van der Waals surface area contributed by atoms with Gasteiger partial charge in [0, 0.05) is 38.6 Å². The lowest BCUT2D eigenvalue weighted by Crippen LogP contribution is -2.35. The Morgan fingerprint density at radius 3 is 2.76 bits per heavy atom. The molecular weight excluding hydrogens is 220 g/mol. The fraction of sp³-hybridized carbons (Fsp3) is 0.692. The molecule has 0 aromatic carbocycles. The van der Waals surface area contributed by atoms with Gasteiger partial charge in [0.2, 0.25) is 0 Å². The third-order valence-electron chi connectivity index (χ3n) is 3.51. The molecule has 1 fully saturated rings. The molecule has 2 rings (SSSR count). The predicted molar refractivity (Wildman–Crippen MR) is 61.2 cm³/mol. The highest BCUT2D eigenvalue weighted by Crippen LogP contribution is 2.43. The van der Waals surface area contributed by atoms with E-state index in [1.165, 1.54) is 6.08 Å². The highest BCUT2D eigenvalue weighted by atomic mass is 16.5. The number of hydrogen-bond donors (Lipinski definition) is 0. The van der Waals surface area contributed by atoms with Crippen LogP contribution in [0.2, 0.25) is 0 Å². The minimum Gasteiger partial charge on any atom is -0.431 e. The Labute approximate surface area is 101 Å². The topological polar surface area (TPSA) is 52.6 Å². The summed E-state index contributed by atoms with van der Waals surface area (Å²) in [6, 6.07) is 0. The standard InChI is InChI=1S/C13H18O4/c1-2-12(15)17-11-7-10(14)8-13(9-11)3-5-16-6-4-13/h7H,2-6,8-9H2,1H3. The molecule has 4 nitrogen and oxygen atoms in total. The molecule has 1 aliphatic carbocycles. The van der Waals surface area contributed by atoms with Crippen LogP contribution in [-0.2, 0) is 19.1 Å². The Balaban J connectivity index is 2.08. The van der Waals surface area contributed by atoms with Crippen molar-refractivity contribution >= 4 is 11.8 Å². The fourth-order valence-corrected chi connectivity index (χ4v) is 2.53. The quantitative estimate of drug-likeness (QED) is 0.690. The maximum atomic E-state index is 11.7. The fourth-order valence-electron chi connectivity index (χ4n) is 2.53. The van der Waals surface area contributed by atoms with Crippen LogP contribution in [0.15, 0.2) is 11.8 Å². The van der Waals surface area contributed by atoms with Crippen molar-refractivity contribution in [3.05, 3.63) is 11.8 Å². The third-order valence-corrected chi connectivity index (χ3v) is 3.51. The monoisotopic (exact) mass is 238 g/mol. The maximum absolute atomic E-state index is 11.7. The number of carbonyl (C=O) groups excluding carboxylic acids is 2. The average molecular weight is 238 g/mol. The molecule has 0 aromatic heterocycles. The van der Waals surface area contributed by atoms with Gasteiger partial charge in [0.1, 0.15) is 5.76 Å². The summed E-state index contributed by atoms with van der Waals surface area (Å²) in [5.74, 6) is 0.334. The van der Waals surface area contributed by atoms with Gasteiger partial charge < -0.3 is 9.47 Å². The van der Waals surface area contributed by atoms with Crippen LogP contribution in [0.1, 0.15) is 39.0 Å². The Bertz CT molecular complexity index is 350. The molecule has 1 spiro atoms. The van der Waals surface area contributed by atoms with Gasteiger partial charge in [-0.2, -0.15) is 0 Å². The number of allylic oxidation sites excluding steroid dienone is 2. The van der Waals surface area contributed by atoms with Gasteiger partial charge in [-0.05, 0) is 18.3 Å². The van der Waals surface area contributed by atoms with Crippen molar-refractivity contribution in [1.29, 1.82) is 0 Å². The minimum atomic E-state index is -0.270. The van der Waals surface area contributed by atoms with Crippen LogP contribution in [0.5, 0.6) is 0 Å². The first kappa shape index (κ1) is 12.3. The molecule has 0 saturated carbocycles. The van der Waals surface area contributed by atoms with Crippen molar-refractivity contribution in [3.8, 4) is 0 Å². The molecule has 17 heavy (non-hydrogen) atoms. The van der Waals surface area contributed by atoms with Gasteiger partial charge in [-0.3, -0.25) is 9.59 Å². The van der Waals surface area contributed by atoms with Crippen molar-refractivity contribution in [2.75, 3.05) is 13.2 Å². The molecule has 4 heteroatoms. The second-order valence-electron chi connectivity index (χ2n) is 4.87. The van der Waals surface area contributed by atoms with E-state index < -0.39 is 0 Å². The van der Waals surface area contributed by atoms with E-state index in [1.54, 1.807) is 6.92 Å². The van der Waals surface area contributed by atoms with Gasteiger partial charge in [0.05, 0.1) is 0 Å². The zero-order valence-electron chi connectivity index (χ0n) is 10.2. The second kappa shape index (κ2) is 5.00. The van der Waals surface area contributed by atoms with E-state index in [-0.39, 0.29) is 17.2 Å². The van der Waals surface area contributed by atoms with Gasteiger partial charge in [-0.15, -0.1) is 0 Å². The largest absolute Gasteiger partial charge is 0.431 e. The summed E-state index contributed by atoms with van der Waals surface area (Å²) in [5.41, 5.74) is -0.0343. The number of ketones is 1. The molecule has 0 N–H and O–H groups in total. The highest BCUT2D eigenvalue weighted by Gasteiger charge is 2.38. The van der Waals surface area contributed by atoms with E-state index >= 15 is 0 Å². The third kappa shape index (κ3) is 2.94. The van der Waals surface area contributed by atoms with Crippen molar-refractivity contribution in [2.45, 2.75) is 39.0 Å². The normalized spacial score (nSPS) is 23.4. The van der Waals surface area contributed by atoms with Crippen LogP contribution in [0.4, 0.5) is 0 Å². The van der Waals surface area contributed by atoms with E-state index in [0.717, 1.165) is 12.8 Å². The summed E-state index contributed by atoms with van der Waals surface area (Å²) in [4.78, 5) is 23.0. The van der Waals surface area contributed by atoms with E-state index in [9.17, 15) is 9.59 Å². The molecule has 94 valence electrons. The summed E-state index contributed by atoms with van der Waals surface area (Å²) < 4.78 is 10.5. The number of hydrogen-bond acceptors (Lipinski definition) is 4. The molecular formula is C13H18O4. The molecule has 0 unspecified atom stereocenters. The van der Waals surface area contributed by atoms with Crippen LogP contribution in [0.3, 0.4) is 0 Å². The summed E-state index contributed by atoms with van der Waals surface area (Å²) in [6.45, 7) is 3.14. The van der Waals surface area contributed by atoms with Crippen LogP contribution in [-0.4, -0.2) is 25.0 Å². The number of ether oxygens (including phenoxy) is 2. The van der Waals surface area contributed by atoms with Crippen molar-refractivity contribution in [3.63, 3.8) is 0 Å². The van der Waals surface area contributed by atoms with E-state index in [2.05, 4.69) is 0 Å². The first-order valence-electron chi connectivity index (χ1n) is 6.15. The average Bonchev–Trinajstić information content (AvgIpc) is 2.28. The van der Waals surface area contributed by atoms with Crippen LogP contribution >= 0.6 is 0 Å². The zero-order chi connectivity index (χ0) is 12.3. The number of carbonyl (C=O) groups is 2. The highest BCUT2D eigenvalue weighted by molar-refractivity contribution is 5.92. The van der Waals surface area contributed by atoms with Crippen LogP contribution in [0, 0.1) is 5.41 Å². The Morgan fingerprint density at radius 1 is 1.41 bits per heavy atom. The summed E-state index contributed by atoms with van der Waals surface area (Å²) in [7, 11) is 0. The lowest BCUT2D eigenvalue weighted by Gasteiger charge is -2.38. The Morgan fingerprint density at radius 2 is 2.12 bits per heavy atom. The minimum absolute atomic E-state index is 0.0343. The smallest absolute Gasteiger partial charge is 0.310 e. The summed E-state index contributed by atoms with van der Waals surface area (Å²) in [6.07, 6.45) is 4.81. The lowest BCUT2D eigenvalue weighted by atomic mass is 9.70. The summed E-state index contributed by atoms with van der Waals surface area (Å²) >= 11 is 0. The van der Waals surface area contributed by atoms with E-state index in [1.807, 2.05) is 0 Å². The van der Waals surface area contributed by atoms with Crippen molar-refractivity contribution < 1.29 is 19.1 Å². The molecule has 2 aliphatic rings. The summed E-state index contributed by atoms with van der Waals surface area (Å²) in [5, 5.41) is 0. The maximum Gasteiger partial charge on any atom is 0.310 e. The Kier molecular flexibility index (Phi) is 3.62. The number of rotatable bonds is 2. The second-order valence-corrected chi connectivity index (χ2v) is 4.87. The molecule has 0 radical (unpaired) electrons. The Hall–Kier alpha value is -1.16. The van der Waals surface area contributed by atoms with E-state index in [4.69, 9.17) is 9.47 Å². The SMILES string of the molecule is CCC(=O)OC1=CC(=O)CC2(CCOCC2)C1. The molecule has 0 aromatic rings. The van der Waals surface area contributed by atoms with Gasteiger partial charge in [-0.1, -0.05) is 6.92 Å². The van der Waals surface area contributed by atoms with Gasteiger partial charge in [0.25, 0.3) is 0 Å². The van der Waals surface area contributed by atoms with Crippen LogP contribution in [0.25, 0.3) is 0 Å². The van der Waals surface area contributed by atoms with Crippen molar-refractivity contribution in [2.24, 2.45) is 5.41 Å². The molecule has 1 heterocycles. The first-order valence-corrected chi connectivity index (χ1v) is 6.15. The van der Waals surface area contributed by atoms with Gasteiger partial charge >= 0.3 is 5.97 Å². The van der Waals surface area contributed by atoms with Crippen molar-refractivity contribution in [1.82, 2.24) is 0 Å². The number of esters is 1. The lowest BCUT2D eigenvalue weighted by molar-refractivity contribution is -0.140. The van der Waals surface area contributed by atoms with Gasteiger partial charge in [0.15, 0.2) is 5.78 Å². The molecule has 0 bridgehead atoms. The first-order chi connectivity index (χ1) is 8.13.